The number of likely N-dealkylation sites (N-methyl/N-ethyl adjacent to an activating group) is 1. The van der Waals surface area contributed by atoms with Gasteiger partial charge < -0.3 is 15.5 Å². The monoisotopic (exact) mass is 344 g/mol. The van der Waals surface area contributed by atoms with Crippen LogP contribution in [0.5, 0.6) is 0 Å². The highest BCUT2D eigenvalue weighted by atomic mass is 15.3. The van der Waals surface area contributed by atoms with Gasteiger partial charge in [0.1, 0.15) is 5.82 Å². The van der Waals surface area contributed by atoms with E-state index in [2.05, 4.69) is 45.0 Å². The van der Waals surface area contributed by atoms with E-state index >= 15 is 0 Å². The lowest BCUT2D eigenvalue weighted by atomic mass is 10.0. The molecule has 2 heterocycles. The smallest absolute Gasteiger partial charge is 0.222 e. The van der Waals surface area contributed by atoms with Gasteiger partial charge in [-0.15, -0.1) is 0 Å². The van der Waals surface area contributed by atoms with Crippen LogP contribution in [-0.2, 0) is 0 Å². The highest BCUT2D eigenvalue weighted by molar-refractivity contribution is 5.93. The molecule has 0 atom stereocenters. The predicted molar refractivity (Wildman–Crippen MR) is 104 cm³/mol. The van der Waals surface area contributed by atoms with Crippen LogP contribution in [0.1, 0.15) is 5.56 Å². The third-order valence-electron chi connectivity index (χ3n) is 4.84. The van der Waals surface area contributed by atoms with E-state index in [0.717, 1.165) is 54.0 Å². The quantitative estimate of drug-likeness (QED) is 0.769. The van der Waals surface area contributed by atoms with Crippen molar-refractivity contribution in [1.29, 1.82) is 5.26 Å². The van der Waals surface area contributed by atoms with E-state index in [4.69, 9.17) is 11.0 Å². The average molecular weight is 344 g/mol. The van der Waals surface area contributed by atoms with E-state index in [9.17, 15) is 0 Å². The fourth-order valence-corrected chi connectivity index (χ4v) is 3.31. The maximum absolute atomic E-state index is 8.95. The second-order valence-corrected chi connectivity index (χ2v) is 6.62. The number of hydrogen-bond donors (Lipinski definition) is 1. The maximum Gasteiger partial charge on any atom is 0.222 e. The number of anilines is 2. The van der Waals surface area contributed by atoms with Crippen LogP contribution in [0.15, 0.2) is 42.5 Å². The fraction of sp³-hybridized carbons (Fsp3) is 0.250. The zero-order valence-corrected chi connectivity index (χ0v) is 14.7. The Balaban J connectivity index is 1.75. The molecule has 4 rings (SSSR count). The molecule has 6 nitrogen and oxygen atoms in total. The predicted octanol–water partition coefficient (Wildman–Crippen LogP) is 2.50. The Morgan fingerprint density at radius 1 is 0.962 bits per heavy atom. The Morgan fingerprint density at radius 3 is 2.35 bits per heavy atom. The van der Waals surface area contributed by atoms with Crippen LogP contribution in [0.25, 0.3) is 22.0 Å². The Kier molecular flexibility index (Phi) is 4.15. The van der Waals surface area contributed by atoms with Gasteiger partial charge in [-0.25, -0.2) is 4.98 Å². The van der Waals surface area contributed by atoms with Gasteiger partial charge in [0, 0.05) is 31.6 Å². The molecule has 0 bridgehead atoms. The molecule has 1 aromatic heterocycles. The molecule has 0 aliphatic carbocycles. The number of hydrogen-bond acceptors (Lipinski definition) is 6. The first-order chi connectivity index (χ1) is 12.6. The van der Waals surface area contributed by atoms with E-state index < -0.39 is 0 Å². The summed E-state index contributed by atoms with van der Waals surface area (Å²) in [5.41, 5.74) is 9.57. The van der Waals surface area contributed by atoms with Crippen LogP contribution in [-0.4, -0.2) is 48.1 Å². The summed E-state index contributed by atoms with van der Waals surface area (Å²) in [6.07, 6.45) is 0. The topological polar surface area (TPSA) is 82.1 Å². The summed E-state index contributed by atoms with van der Waals surface area (Å²) in [4.78, 5) is 13.5. The van der Waals surface area contributed by atoms with Gasteiger partial charge in [-0.2, -0.15) is 10.2 Å². The largest absolute Gasteiger partial charge is 0.368 e. The van der Waals surface area contributed by atoms with Gasteiger partial charge in [-0.3, -0.25) is 0 Å². The van der Waals surface area contributed by atoms with Gasteiger partial charge in [-0.1, -0.05) is 18.2 Å². The lowest BCUT2D eigenvalue weighted by Gasteiger charge is -2.33. The second kappa shape index (κ2) is 6.62. The minimum absolute atomic E-state index is 0.295. The molecule has 0 spiro atoms. The second-order valence-electron chi connectivity index (χ2n) is 6.62. The van der Waals surface area contributed by atoms with Gasteiger partial charge in [0.2, 0.25) is 5.95 Å². The molecule has 6 heteroatoms. The molecular weight excluding hydrogens is 324 g/mol. The normalized spacial score (nSPS) is 15.2. The van der Waals surface area contributed by atoms with E-state index in [1.165, 1.54) is 0 Å². The third kappa shape index (κ3) is 3.05. The summed E-state index contributed by atoms with van der Waals surface area (Å²) >= 11 is 0. The Labute approximate surface area is 152 Å². The van der Waals surface area contributed by atoms with Crippen molar-refractivity contribution in [3.8, 4) is 17.2 Å². The summed E-state index contributed by atoms with van der Waals surface area (Å²) in [5, 5.41) is 9.97. The third-order valence-corrected chi connectivity index (χ3v) is 4.84. The van der Waals surface area contributed by atoms with Crippen molar-refractivity contribution in [2.24, 2.45) is 0 Å². The van der Waals surface area contributed by atoms with Gasteiger partial charge in [-0.05, 0) is 42.4 Å². The molecule has 0 unspecified atom stereocenters. The molecule has 1 fully saturated rings. The number of nitriles is 1. The minimum atomic E-state index is 0.295. The minimum Gasteiger partial charge on any atom is -0.368 e. The van der Waals surface area contributed by atoms with Gasteiger partial charge >= 0.3 is 0 Å². The lowest BCUT2D eigenvalue weighted by Crippen LogP contribution is -2.45. The molecule has 1 aliphatic heterocycles. The number of nitrogens with two attached hydrogens (primary N) is 1. The van der Waals surface area contributed by atoms with Crippen LogP contribution in [0.3, 0.4) is 0 Å². The zero-order chi connectivity index (χ0) is 18.1. The number of piperazine rings is 1. The SMILES string of the molecule is CN1CCN(c2nc(N)nc3cc(-c4ccc(C#N)cc4)ccc23)CC1. The highest BCUT2D eigenvalue weighted by Crippen LogP contribution is 2.30. The molecule has 3 aromatic rings. The van der Waals surface area contributed by atoms with E-state index in [1.54, 1.807) is 0 Å². The molecule has 1 aliphatic rings. The summed E-state index contributed by atoms with van der Waals surface area (Å²) in [6.45, 7) is 3.88. The summed E-state index contributed by atoms with van der Waals surface area (Å²) in [6, 6.07) is 15.9. The van der Waals surface area contributed by atoms with Crippen LogP contribution >= 0.6 is 0 Å². The van der Waals surface area contributed by atoms with Crippen molar-refractivity contribution < 1.29 is 0 Å². The zero-order valence-electron chi connectivity index (χ0n) is 14.7. The van der Waals surface area contributed by atoms with E-state index in [1.807, 2.05) is 30.3 Å². The van der Waals surface area contributed by atoms with Crippen LogP contribution in [0.4, 0.5) is 11.8 Å². The molecule has 26 heavy (non-hydrogen) atoms. The van der Waals surface area contributed by atoms with Crippen molar-refractivity contribution in [3.63, 3.8) is 0 Å². The van der Waals surface area contributed by atoms with Crippen LogP contribution in [0, 0.1) is 11.3 Å². The molecule has 1 saturated heterocycles. The van der Waals surface area contributed by atoms with Crippen molar-refractivity contribution in [1.82, 2.24) is 14.9 Å². The highest BCUT2D eigenvalue weighted by Gasteiger charge is 2.19. The lowest BCUT2D eigenvalue weighted by molar-refractivity contribution is 0.312. The van der Waals surface area contributed by atoms with Crippen LogP contribution in [0.2, 0.25) is 0 Å². The van der Waals surface area contributed by atoms with Crippen molar-refractivity contribution in [2.75, 3.05) is 43.9 Å². The number of rotatable bonds is 2. The number of fused-ring (bicyclic) bond motifs is 1. The Hall–Kier alpha value is -3.17. The van der Waals surface area contributed by atoms with Gasteiger partial charge in [0.15, 0.2) is 0 Å². The summed E-state index contributed by atoms with van der Waals surface area (Å²) in [7, 11) is 2.13. The fourth-order valence-electron chi connectivity index (χ4n) is 3.31. The molecule has 2 aromatic carbocycles. The molecule has 0 radical (unpaired) electrons. The summed E-state index contributed by atoms with van der Waals surface area (Å²) < 4.78 is 0. The maximum atomic E-state index is 8.95. The molecule has 2 N–H and O–H groups in total. The van der Waals surface area contributed by atoms with Gasteiger partial charge in [0.05, 0.1) is 17.1 Å². The number of aromatic nitrogens is 2. The van der Waals surface area contributed by atoms with Crippen molar-refractivity contribution in [2.45, 2.75) is 0 Å². The Morgan fingerprint density at radius 2 is 1.65 bits per heavy atom. The molecular formula is C20H20N6. The average Bonchev–Trinajstić information content (AvgIpc) is 2.67. The molecule has 130 valence electrons. The summed E-state index contributed by atoms with van der Waals surface area (Å²) in [5.74, 6) is 1.20. The Bertz CT molecular complexity index is 982. The van der Waals surface area contributed by atoms with E-state index in [-0.39, 0.29) is 0 Å². The molecule has 0 saturated carbocycles. The number of nitrogens with zero attached hydrogens (tertiary/aromatic N) is 5. The molecule has 0 amide bonds. The van der Waals surface area contributed by atoms with Crippen molar-refractivity contribution in [3.05, 3.63) is 48.0 Å². The van der Waals surface area contributed by atoms with Gasteiger partial charge in [0.25, 0.3) is 0 Å². The number of benzene rings is 2. The standard InChI is InChI=1S/C20H20N6/c1-25-8-10-26(11-9-25)19-17-7-6-16(12-18(17)23-20(22)24-19)15-4-2-14(13-21)3-5-15/h2-7,12H,8-11H2,1H3,(H2,22,23,24). The van der Waals surface area contributed by atoms with E-state index in [0.29, 0.717) is 11.5 Å². The van der Waals surface area contributed by atoms with Crippen LogP contribution < -0.4 is 10.6 Å². The van der Waals surface area contributed by atoms with Crippen molar-refractivity contribution >= 4 is 22.7 Å². The first kappa shape index (κ1) is 16.3. The first-order valence-electron chi connectivity index (χ1n) is 8.65. The first-order valence-corrected chi connectivity index (χ1v) is 8.65. The number of nitrogen functional groups attached to an aromatic ring is 1.